The third-order valence-electron chi connectivity index (χ3n) is 3.20. The number of phenolic OH excluding ortho intramolecular Hbond substituents is 1. The molecule has 2 aromatic rings. The lowest BCUT2D eigenvalue weighted by atomic mass is 10.1. The van der Waals surface area contributed by atoms with Crippen LogP contribution in [0.15, 0.2) is 30.5 Å². The Morgan fingerprint density at radius 2 is 2.24 bits per heavy atom. The van der Waals surface area contributed by atoms with Crippen LogP contribution < -0.4 is 0 Å². The summed E-state index contributed by atoms with van der Waals surface area (Å²) in [6.45, 7) is 2.01. The Morgan fingerprint density at radius 3 is 3.06 bits per heavy atom. The minimum Gasteiger partial charge on any atom is -0.508 e. The zero-order chi connectivity index (χ0) is 11.8. The van der Waals surface area contributed by atoms with Gasteiger partial charge in [0.25, 0.3) is 0 Å². The molecule has 1 N–H and O–H groups in total. The topological polar surface area (TPSA) is 41.3 Å². The van der Waals surface area contributed by atoms with Crippen LogP contribution in [0.1, 0.15) is 11.3 Å². The number of hydrogen-bond donors (Lipinski definition) is 1. The molecule has 0 amide bonds. The van der Waals surface area contributed by atoms with Crippen LogP contribution in [0, 0.1) is 0 Å². The summed E-state index contributed by atoms with van der Waals surface area (Å²) in [5.41, 5.74) is 3.46. The van der Waals surface area contributed by atoms with Gasteiger partial charge in [-0.1, -0.05) is 6.07 Å². The van der Waals surface area contributed by atoms with Gasteiger partial charge in [0.2, 0.25) is 0 Å². The van der Waals surface area contributed by atoms with Crippen molar-refractivity contribution >= 4 is 0 Å². The van der Waals surface area contributed by atoms with Gasteiger partial charge in [0.1, 0.15) is 5.75 Å². The summed E-state index contributed by atoms with van der Waals surface area (Å²) in [4.78, 5) is 2.29. The lowest BCUT2D eigenvalue weighted by molar-refractivity contribution is 0.310. The van der Waals surface area contributed by atoms with E-state index < -0.39 is 0 Å². The number of likely N-dealkylation sites (N-methyl/N-ethyl adjacent to an activating group) is 1. The molecule has 0 saturated heterocycles. The first-order chi connectivity index (χ1) is 8.24. The van der Waals surface area contributed by atoms with E-state index in [9.17, 15) is 5.11 Å². The number of fused-ring (bicyclic) bond motifs is 1. The SMILES string of the molecule is CN1CCc2c(cnn2-c2cccc(O)c2)C1. The van der Waals surface area contributed by atoms with Crippen LogP contribution in [0.3, 0.4) is 0 Å². The van der Waals surface area contributed by atoms with E-state index in [1.165, 1.54) is 11.3 Å². The molecule has 2 heterocycles. The molecule has 3 rings (SSSR count). The minimum atomic E-state index is 0.277. The maximum Gasteiger partial charge on any atom is 0.117 e. The number of aromatic nitrogens is 2. The normalized spacial score (nSPS) is 15.8. The molecule has 88 valence electrons. The Hall–Kier alpha value is -1.81. The molecule has 17 heavy (non-hydrogen) atoms. The number of rotatable bonds is 1. The fourth-order valence-electron chi connectivity index (χ4n) is 2.32. The first-order valence-corrected chi connectivity index (χ1v) is 5.78. The van der Waals surface area contributed by atoms with Gasteiger partial charge in [0.05, 0.1) is 17.6 Å². The summed E-state index contributed by atoms with van der Waals surface area (Å²) in [5.74, 6) is 0.277. The third-order valence-corrected chi connectivity index (χ3v) is 3.20. The summed E-state index contributed by atoms with van der Waals surface area (Å²) in [7, 11) is 2.12. The quantitative estimate of drug-likeness (QED) is 0.807. The molecule has 0 saturated carbocycles. The Bertz CT molecular complexity index is 547. The number of aromatic hydroxyl groups is 1. The second-order valence-corrected chi connectivity index (χ2v) is 4.54. The highest BCUT2D eigenvalue weighted by molar-refractivity contribution is 5.40. The molecule has 1 aliphatic heterocycles. The van der Waals surface area contributed by atoms with Gasteiger partial charge in [0, 0.05) is 31.1 Å². The number of hydrogen-bond acceptors (Lipinski definition) is 3. The molecule has 0 aliphatic carbocycles. The van der Waals surface area contributed by atoms with Crippen LogP contribution in [-0.2, 0) is 13.0 Å². The second kappa shape index (κ2) is 3.89. The Balaban J connectivity index is 2.05. The summed E-state index contributed by atoms with van der Waals surface area (Å²) in [6, 6.07) is 7.22. The Kier molecular flexibility index (Phi) is 2.37. The van der Waals surface area contributed by atoms with Gasteiger partial charge in [-0.15, -0.1) is 0 Å². The fraction of sp³-hybridized carbons (Fsp3) is 0.308. The molecule has 0 unspecified atom stereocenters. The molecule has 4 nitrogen and oxygen atoms in total. The molecule has 0 bridgehead atoms. The van der Waals surface area contributed by atoms with Crippen molar-refractivity contribution in [1.29, 1.82) is 0 Å². The van der Waals surface area contributed by atoms with E-state index in [1.54, 1.807) is 12.1 Å². The standard InChI is InChI=1S/C13H15N3O/c1-15-6-5-13-10(9-15)8-14-16(13)11-3-2-4-12(17)7-11/h2-4,7-8,17H,5-6,9H2,1H3. The minimum absolute atomic E-state index is 0.277. The number of phenols is 1. The summed E-state index contributed by atoms with van der Waals surface area (Å²) >= 11 is 0. The Morgan fingerprint density at radius 1 is 1.35 bits per heavy atom. The van der Waals surface area contributed by atoms with Gasteiger partial charge < -0.3 is 10.0 Å². The maximum atomic E-state index is 9.51. The highest BCUT2D eigenvalue weighted by atomic mass is 16.3. The van der Waals surface area contributed by atoms with Gasteiger partial charge in [-0.25, -0.2) is 4.68 Å². The maximum absolute atomic E-state index is 9.51. The van der Waals surface area contributed by atoms with Gasteiger partial charge in [0.15, 0.2) is 0 Å². The molecule has 1 aromatic heterocycles. The van der Waals surface area contributed by atoms with Crippen LogP contribution in [-0.4, -0.2) is 33.4 Å². The molecule has 0 spiro atoms. The second-order valence-electron chi connectivity index (χ2n) is 4.54. The van der Waals surface area contributed by atoms with Gasteiger partial charge in [-0.3, -0.25) is 0 Å². The zero-order valence-corrected chi connectivity index (χ0v) is 9.80. The largest absolute Gasteiger partial charge is 0.508 e. The fourth-order valence-corrected chi connectivity index (χ4v) is 2.32. The molecule has 0 fully saturated rings. The first-order valence-electron chi connectivity index (χ1n) is 5.78. The first kappa shape index (κ1) is 10.4. The summed E-state index contributed by atoms with van der Waals surface area (Å²) < 4.78 is 1.93. The van der Waals surface area contributed by atoms with Crippen LogP contribution >= 0.6 is 0 Å². The monoisotopic (exact) mass is 229 g/mol. The third kappa shape index (κ3) is 1.80. The van der Waals surface area contributed by atoms with E-state index >= 15 is 0 Å². The van der Waals surface area contributed by atoms with Crippen molar-refractivity contribution in [1.82, 2.24) is 14.7 Å². The van der Waals surface area contributed by atoms with E-state index in [1.807, 2.05) is 23.0 Å². The molecule has 1 aliphatic rings. The highest BCUT2D eigenvalue weighted by Gasteiger charge is 2.18. The van der Waals surface area contributed by atoms with E-state index in [0.717, 1.165) is 25.2 Å². The van der Waals surface area contributed by atoms with Crippen molar-refractivity contribution in [2.75, 3.05) is 13.6 Å². The van der Waals surface area contributed by atoms with E-state index in [-0.39, 0.29) is 5.75 Å². The van der Waals surface area contributed by atoms with Crippen molar-refractivity contribution in [3.8, 4) is 11.4 Å². The Labute approximate surface area is 100 Å². The van der Waals surface area contributed by atoms with Crippen molar-refractivity contribution in [2.24, 2.45) is 0 Å². The summed E-state index contributed by atoms with van der Waals surface area (Å²) in [5, 5.41) is 13.9. The van der Waals surface area contributed by atoms with Gasteiger partial charge in [-0.05, 0) is 19.2 Å². The van der Waals surface area contributed by atoms with Gasteiger partial charge >= 0.3 is 0 Å². The average molecular weight is 229 g/mol. The molecule has 4 heteroatoms. The van der Waals surface area contributed by atoms with E-state index in [2.05, 4.69) is 17.0 Å². The van der Waals surface area contributed by atoms with Crippen LogP contribution in [0.4, 0.5) is 0 Å². The predicted octanol–water partition coefficient (Wildman–Crippen LogP) is 1.57. The summed E-state index contributed by atoms with van der Waals surface area (Å²) in [6.07, 6.45) is 2.93. The van der Waals surface area contributed by atoms with Crippen molar-refractivity contribution < 1.29 is 5.11 Å². The molecular formula is C13H15N3O. The van der Waals surface area contributed by atoms with Crippen molar-refractivity contribution in [3.05, 3.63) is 41.7 Å². The lowest BCUT2D eigenvalue weighted by Gasteiger charge is -2.22. The number of nitrogens with zero attached hydrogens (tertiary/aromatic N) is 3. The highest BCUT2D eigenvalue weighted by Crippen LogP contribution is 2.22. The van der Waals surface area contributed by atoms with E-state index in [0.29, 0.717) is 0 Å². The average Bonchev–Trinajstić information content (AvgIpc) is 2.71. The van der Waals surface area contributed by atoms with Crippen LogP contribution in [0.25, 0.3) is 5.69 Å². The molecule has 1 aromatic carbocycles. The van der Waals surface area contributed by atoms with Crippen molar-refractivity contribution in [3.63, 3.8) is 0 Å². The van der Waals surface area contributed by atoms with Crippen LogP contribution in [0.2, 0.25) is 0 Å². The molecule has 0 radical (unpaired) electrons. The van der Waals surface area contributed by atoms with Crippen LogP contribution in [0.5, 0.6) is 5.75 Å². The van der Waals surface area contributed by atoms with E-state index in [4.69, 9.17) is 0 Å². The van der Waals surface area contributed by atoms with Gasteiger partial charge in [-0.2, -0.15) is 5.10 Å². The lowest BCUT2D eigenvalue weighted by Crippen LogP contribution is -2.27. The predicted molar refractivity (Wildman–Crippen MR) is 65.3 cm³/mol. The smallest absolute Gasteiger partial charge is 0.117 e. The van der Waals surface area contributed by atoms with Crippen molar-refractivity contribution in [2.45, 2.75) is 13.0 Å². The molecule has 0 atom stereocenters. The zero-order valence-electron chi connectivity index (χ0n) is 9.80. The molecular weight excluding hydrogens is 214 g/mol. The number of benzene rings is 1.